The summed E-state index contributed by atoms with van der Waals surface area (Å²) in [6, 6.07) is 0.726. The van der Waals surface area contributed by atoms with Crippen LogP contribution in [0, 0.1) is 0 Å². The van der Waals surface area contributed by atoms with Gasteiger partial charge in [-0.3, -0.25) is 4.90 Å². The molecule has 0 aromatic carbocycles. The summed E-state index contributed by atoms with van der Waals surface area (Å²) in [5.41, 5.74) is 0. The van der Waals surface area contributed by atoms with Crippen LogP contribution in [-0.2, 0) is 0 Å². The minimum Gasteiger partial charge on any atom is -0.301 e. The maximum Gasteiger partial charge on any atom is 0.0113 e. The molecule has 1 rings (SSSR count). The lowest BCUT2D eigenvalue weighted by atomic mass is 10.2. The van der Waals surface area contributed by atoms with Gasteiger partial charge in [-0.1, -0.05) is 12.8 Å². The topological polar surface area (TPSA) is 6.48 Å². The highest BCUT2D eigenvalue weighted by Gasteiger charge is 2.17. The minimum absolute atomic E-state index is 0.726. The Hall–Kier alpha value is 0.270. The average Bonchev–Trinajstić information content (AvgIpc) is 2.34. The zero-order valence-electron chi connectivity index (χ0n) is 12.0. The molecular weight excluding hydrogens is 228 g/mol. The predicted octanol–water partition coefficient (Wildman–Crippen LogP) is 2.94. The van der Waals surface area contributed by atoms with E-state index in [1.807, 2.05) is 11.8 Å². The molecule has 0 N–H and O–H groups in total. The Balaban J connectivity index is 1.95. The molecule has 17 heavy (non-hydrogen) atoms. The first-order valence-electron chi connectivity index (χ1n) is 7.19. The van der Waals surface area contributed by atoms with Crippen molar-refractivity contribution in [2.75, 3.05) is 44.7 Å². The molecule has 102 valence electrons. The summed E-state index contributed by atoms with van der Waals surface area (Å²) in [4.78, 5) is 5.24. The number of hydrogen-bond acceptors (Lipinski definition) is 3. The van der Waals surface area contributed by atoms with Gasteiger partial charge in [0.2, 0.25) is 0 Å². The van der Waals surface area contributed by atoms with E-state index in [9.17, 15) is 0 Å². The highest BCUT2D eigenvalue weighted by atomic mass is 32.2. The molecule has 0 aromatic heterocycles. The number of rotatable bonds is 8. The Morgan fingerprint density at radius 2 is 1.59 bits per heavy atom. The third-order valence-corrected chi connectivity index (χ3v) is 4.41. The Morgan fingerprint density at radius 1 is 0.941 bits per heavy atom. The standard InChI is InChI=1S/C14H30N2S/c1-14(2)16-11-9-15(10-12-16)8-6-4-5-7-13-17-3/h14H,4-13H2,1-3H3. The van der Waals surface area contributed by atoms with Crippen molar-refractivity contribution >= 4 is 11.8 Å². The van der Waals surface area contributed by atoms with Crippen LogP contribution in [0.15, 0.2) is 0 Å². The van der Waals surface area contributed by atoms with Crippen LogP contribution in [-0.4, -0.2) is 60.6 Å². The van der Waals surface area contributed by atoms with E-state index in [0.717, 1.165) is 6.04 Å². The van der Waals surface area contributed by atoms with Crippen LogP contribution >= 0.6 is 11.8 Å². The molecule has 1 aliphatic rings. The molecule has 0 bridgehead atoms. The molecule has 0 unspecified atom stereocenters. The van der Waals surface area contributed by atoms with Crippen molar-refractivity contribution < 1.29 is 0 Å². The largest absolute Gasteiger partial charge is 0.301 e. The molecule has 0 saturated carbocycles. The maximum atomic E-state index is 2.65. The van der Waals surface area contributed by atoms with E-state index in [1.54, 1.807) is 0 Å². The second kappa shape index (κ2) is 9.23. The van der Waals surface area contributed by atoms with Gasteiger partial charge in [0.25, 0.3) is 0 Å². The first kappa shape index (κ1) is 15.3. The Kier molecular flexibility index (Phi) is 8.33. The molecule has 0 aliphatic carbocycles. The van der Waals surface area contributed by atoms with Crippen molar-refractivity contribution in [2.24, 2.45) is 0 Å². The third-order valence-electron chi connectivity index (χ3n) is 3.71. The van der Waals surface area contributed by atoms with Gasteiger partial charge in [0, 0.05) is 32.2 Å². The molecule has 1 heterocycles. The smallest absolute Gasteiger partial charge is 0.0113 e. The van der Waals surface area contributed by atoms with Crippen molar-refractivity contribution in [3.8, 4) is 0 Å². The van der Waals surface area contributed by atoms with Gasteiger partial charge in [0.05, 0.1) is 0 Å². The lowest BCUT2D eigenvalue weighted by molar-refractivity contribution is 0.107. The molecule has 0 spiro atoms. The van der Waals surface area contributed by atoms with Crippen molar-refractivity contribution in [1.29, 1.82) is 0 Å². The zero-order valence-corrected chi connectivity index (χ0v) is 12.8. The van der Waals surface area contributed by atoms with Gasteiger partial charge in [0.15, 0.2) is 0 Å². The Morgan fingerprint density at radius 3 is 2.18 bits per heavy atom. The van der Waals surface area contributed by atoms with Crippen molar-refractivity contribution in [1.82, 2.24) is 9.80 Å². The van der Waals surface area contributed by atoms with E-state index in [0.29, 0.717) is 0 Å². The normalized spacial score (nSPS) is 19.1. The van der Waals surface area contributed by atoms with Gasteiger partial charge in [-0.2, -0.15) is 11.8 Å². The molecule has 1 saturated heterocycles. The fourth-order valence-corrected chi connectivity index (χ4v) is 2.93. The first-order chi connectivity index (χ1) is 8.24. The molecule has 1 fully saturated rings. The summed E-state index contributed by atoms with van der Waals surface area (Å²) in [6.07, 6.45) is 7.85. The molecule has 3 heteroatoms. The van der Waals surface area contributed by atoms with Crippen LogP contribution in [0.3, 0.4) is 0 Å². The van der Waals surface area contributed by atoms with Crippen LogP contribution in [0.5, 0.6) is 0 Å². The van der Waals surface area contributed by atoms with Crippen molar-refractivity contribution in [2.45, 2.75) is 45.6 Å². The SMILES string of the molecule is CSCCCCCCN1CCN(C(C)C)CC1. The lowest BCUT2D eigenvalue weighted by Gasteiger charge is -2.36. The third kappa shape index (κ3) is 6.68. The van der Waals surface area contributed by atoms with Gasteiger partial charge in [-0.25, -0.2) is 0 Å². The lowest BCUT2D eigenvalue weighted by Crippen LogP contribution is -2.48. The zero-order chi connectivity index (χ0) is 12.5. The van der Waals surface area contributed by atoms with Gasteiger partial charge < -0.3 is 4.90 Å². The van der Waals surface area contributed by atoms with E-state index in [4.69, 9.17) is 0 Å². The molecule has 0 atom stereocenters. The Bertz CT molecular complexity index is 177. The molecule has 0 aromatic rings. The second-order valence-electron chi connectivity index (χ2n) is 5.38. The monoisotopic (exact) mass is 258 g/mol. The van der Waals surface area contributed by atoms with E-state index in [-0.39, 0.29) is 0 Å². The molecule has 2 nitrogen and oxygen atoms in total. The summed E-state index contributed by atoms with van der Waals surface area (Å²) < 4.78 is 0. The number of thioether (sulfide) groups is 1. The summed E-state index contributed by atoms with van der Waals surface area (Å²) in [7, 11) is 0. The first-order valence-corrected chi connectivity index (χ1v) is 8.58. The van der Waals surface area contributed by atoms with Crippen LogP contribution < -0.4 is 0 Å². The molecule has 0 amide bonds. The fourth-order valence-electron chi connectivity index (χ4n) is 2.44. The number of nitrogens with zero attached hydrogens (tertiary/aromatic N) is 2. The van der Waals surface area contributed by atoms with Gasteiger partial charge in [-0.15, -0.1) is 0 Å². The van der Waals surface area contributed by atoms with E-state index in [1.165, 1.54) is 64.2 Å². The fraction of sp³-hybridized carbons (Fsp3) is 1.00. The highest BCUT2D eigenvalue weighted by Crippen LogP contribution is 2.09. The van der Waals surface area contributed by atoms with Gasteiger partial charge >= 0.3 is 0 Å². The number of unbranched alkanes of at least 4 members (excludes halogenated alkanes) is 3. The van der Waals surface area contributed by atoms with E-state index < -0.39 is 0 Å². The summed E-state index contributed by atoms with van der Waals surface area (Å²) in [5.74, 6) is 1.34. The van der Waals surface area contributed by atoms with Gasteiger partial charge in [-0.05, 0) is 45.2 Å². The van der Waals surface area contributed by atoms with E-state index in [2.05, 4.69) is 29.9 Å². The molecule has 1 aliphatic heterocycles. The summed E-state index contributed by atoms with van der Waals surface area (Å²) in [6.45, 7) is 11.0. The summed E-state index contributed by atoms with van der Waals surface area (Å²) in [5, 5.41) is 0. The van der Waals surface area contributed by atoms with Crippen LogP contribution in [0.1, 0.15) is 39.5 Å². The highest BCUT2D eigenvalue weighted by molar-refractivity contribution is 7.98. The van der Waals surface area contributed by atoms with Crippen molar-refractivity contribution in [3.05, 3.63) is 0 Å². The average molecular weight is 258 g/mol. The molecule has 0 radical (unpaired) electrons. The minimum atomic E-state index is 0.726. The van der Waals surface area contributed by atoms with Crippen LogP contribution in [0.2, 0.25) is 0 Å². The molecular formula is C14H30N2S. The van der Waals surface area contributed by atoms with Crippen LogP contribution in [0.4, 0.5) is 0 Å². The second-order valence-corrected chi connectivity index (χ2v) is 6.36. The van der Waals surface area contributed by atoms with Crippen LogP contribution in [0.25, 0.3) is 0 Å². The maximum absolute atomic E-state index is 2.65. The van der Waals surface area contributed by atoms with E-state index >= 15 is 0 Å². The predicted molar refractivity (Wildman–Crippen MR) is 80.0 cm³/mol. The van der Waals surface area contributed by atoms with Crippen molar-refractivity contribution in [3.63, 3.8) is 0 Å². The summed E-state index contributed by atoms with van der Waals surface area (Å²) >= 11 is 1.97. The quantitative estimate of drug-likeness (QED) is 0.618. The number of piperazine rings is 1. The van der Waals surface area contributed by atoms with Gasteiger partial charge in [0.1, 0.15) is 0 Å². The number of hydrogen-bond donors (Lipinski definition) is 0. The Labute approximate surface area is 112 Å².